The highest BCUT2D eigenvalue weighted by Crippen LogP contribution is 2.23. The van der Waals surface area contributed by atoms with E-state index in [9.17, 15) is 4.79 Å². The van der Waals surface area contributed by atoms with E-state index < -0.39 is 0 Å². The molecule has 2 aromatic rings. The molecule has 20 heavy (non-hydrogen) atoms. The quantitative estimate of drug-likeness (QED) is 0.773. The summed E-state index contributed by atoms with van der Waals surface area (Å²) >= 11 is 0. The zero-order valence-electron chi connectivity index (χ0n) is 11.5. The summed E-state index contributed by atoms with van der Waals surface area (Å²) in [6, 6.07) is 16.0. The Morgan fingerprint density at radius 3 is 2.65 bits per heavy atom. The summed E-state index contributed by atoms with van der Waals surface area (Å²) in [5.74, 6) is 0.0654. The molecule has 0 heterocycles. The van der Waals surface area contributed by atoms with Crippen molar-refractivity contribution < 1.29 is 9.53 Å². The van der Waals surface area contributed by atoms with Crippen LogP contribution in [0.4, 0.5) is 0 Å². The Bertz CT molecular complexity index is 602. The maximum Gasteiger partial charge on any atom is 0.188 e. The maximum absolute atomic E-state index is 12.1. The Hall–Kier alpha value is -1.93. The van der Waals surface area contributed by atoms with Gasteiger partial charge < -0.3 is 4.74 Å². The third-order valence-electron chi connectivity index (χ3n) is 3.77. The van der Waals surface area contributed by atoms with Gasteiger partial charge in [0, 0.05) is 5.56 Å². The largest absolute Gasteiger partial charge is 0.369 e. The third kappa shape index (κ3) is 2.97. The first-order valence-corrected chi connectivity index (χ1v) is 7.09. The summed E-state index contributed by atoms with van der Waals surface area (Å²) in [7, 11) is 0. The van der Waals surface area contributed by atoms with E-state index in [0.717, 1.165) is 24.0 Å². The summed E-state index contributed by atoms with van der Waals surface area (Å²) in [5, 5.41) is 0. The lowest BCUT2D eigenvalue weighted by molar-refractivity contribution is 0.0726. The monoisotopic (exact) mass is 266 g/mol. The minimum atomic E-state index is 0.0654. The highest BCUT2D eigenvalue weighted by molar-refractivity contribution is 5.97. The second kappa shape index (κ2) is 6.02. The van der Waals surface area contributed by atoms with Crippen LogP contribution >= 0.6 is 0 Å². The van der Waals surface area contributed by atoms with Crippen LogP contribution in [0.3, 0.4) is 0 Å². The number of fused-ring (bicyclic) bond motifs is 1. The van der Waals surface area contributed by atoms with E-state index in [4.69, 9.17) is 4.74 Å². The van der Waals surface area contributed by atoms with E-state index in [1.54, 1.807) is 0 Å². The first-order valence-electron chi connectivity index (χ1n) is 7.09. The highest BCUT2D eigenvalue weighted by atomic mass is 16.5. The van der Waals surface area contributed by atoms with Crippen molar-refractivity contribution in [2.45, 2.75) is 25.9 Å². The average molecular weight is 266 g/mol. The molecule has 1 aliphatic rings. The molecule has 0 saturated carbocycles. The molecule has 2 aromatic carbocycles. The summed E-state index contributed by atoms with van der Waals surface area (Å²) in [6.07, 6.45) is 3.45. The van der Waals surface area contributed by atoms with Crippen LogP contribution in [0.25, 0.3) is 0 Å². The third-order valence-corrected chi connectivity index (χ3v) is 3.77. The van der Waals surface area contributed by atoms with Crippen molar-refractivity contribution in [1.29, 1.82) is 0 Å². The summed E-state index contributed by atoms with van der Waals surface area (Å²) in [6.45, 7) is 0.630. The fraction of sp³-hybridized carbons (Fsp3) is 0.278. The molecule has 102 valence electrons. The van der Waals surface area contributed by atoms with Crippen LogP contribution in [0, 0.1) is 0 Å². The van der Waals surface area contributed by atoms with Crippen LogP contribution < -0.4 is 0 Å². The van der Waals surface area contributed by atoms with Gasteiger partial charge in [-0.3, -0.25) is 4.79 Å². The predicted octanol–water partition coefficient (Wildman–Crippen LogP) is 3.57. The van der Waals surface area contributed by atoms with Crippen LogP contribution in [0.5, 0.6) is 0 Å². The number of benzene rings is 2. The van der Waals surface area contributed by atoms with Gasteiger partial charge in [-0.05, 0) is 42.0 Å². The van der Waals surface area contributed by atoms with E-state index in [1.165, 1.54) is 17.5 Å². The van der Waals surface area contributed by atoms with Gasteiger partial charge >= 0.3 is 0 Å². The lowest BCUT2D eigenvalue weighted by Crippen LogP contribution is -2.09. The highest BCUT2D eigenvalue weighted by Gasteiger charge is 2.13. The van der Waals surface area contributed by atoms with Gasteiger partial charge in [0.05, 0.1) is 6.61 Å². The van der Waals surface area contributed by atoms with Gasteiger partial charge in [-0.15, -0.1) is 0 Å². The first kappa shape index (κ1) is 13.1. The fourth-order valence-electron chi connectivity index (χ4n) is 2.66. The number of aryl methyl sites for hydroxylation is 2. The van der Waals surface area contributed by atoms with E-state index in [0.29, 0.717) is 6.61 Å². The fourth-order valence-corrected chi connectivity index (χ4v) is 2.66. The molecule has 0 N–H and O–H groups in total. The normalized spacial score (nSPS) is 13.2. The molecular formula is C18H18O2. The number of hydrogen-bond donors (Lipinski definition) is 0. The smallest absolute Gasteiger partial charge is 0.188 e. The number of carbonyl (C=O) groups excluding carboxylic acids is 1. The Morgan fingerprint density at radius 2 is 1.80 bits per heavy atom. The number of hydrogen-bond acceptors (Lipinski definition) is 2. The Morgan fingerprint density at radius 1 is 1.00 bits per heavy atom. The molecule has 3 rings (SSSR count). The molecule has 0 radical (unpaired) electrons. The molecule has 0 amide bonds. The van der Waals surface area contributed by atoms with Crippen LogP contribution in [0.15, 0.2) is 48.5 Å². The molecule has 0 aliphatic heterocycles. The second-order valence-electron chi connectivity index (χ2n) is 5.24. The number of ether oxygens (including phenoxy) is 1. The van der Waals surface area contributed by atoms with Gasteiger partial charge in [0.25, 0.3) is 0 Å². The Kier molecular flexibility index (Phi) is 3.93. The van der Waals surface area contributed by atoms with Gasteiger partial charge in [-0.25, -0.2) is 0 Å². The first-order chi connectivity index (χ1) is 9.83. The van der Waals surface area contributed by atoms with Gasteiger partial charge in [0.2, 0.25) is 0 Å². The molecule has 0 atom stereocenters. The predicted molar refractivity (Wildman–Crippen MR) is 78.9 cm³/mol. The van der Waals surface area contributed by atoms with E-state index in [2.05, 4.69) is 6.07 Å². The number of carbonyl (C=O) groups is 1. The zero-order chi connectivity index (χ0) is 13.8. The molecule has 0 aromatic heterocycles. The lowest BCUT2D eigenvalue weighted by Gasteiger charge is -2.06. The Balaban J connectivity index is 1.57. The Labute approximate surface area is 119 Å². The van der Waals surface area contributed by atoms with E-state index in [1.807, 2.05) is 42.5 Å². The molecule has 0 bridgehead atoms. The molecule has 0 unspecified atom stereocenters. The summed E-state index contributed by atoms with van der Waals surface area (Å²) < 4.78 is 5.51. The molecule has 0 fully saturated rings. The minimum absolute atomic E-state index is 0.0654. The second-order valence-corrected chi connectivity index (χ2v) is 5.24. The molecule has 1 aliphatic carbocycles. The van der Waals surface area contributed by atoms with Crippen LogP contribution in [0.2, 0.25) is 0 Å². The van der Waals surface area contributed by atoms with Crippen molar-refractivity contribution in [3.63, 3.8) is 0 Å². The van der Waals surface area contributed by atoms with Crippen molar-refractivity contribution in [2.75, 3.05) is 6.61 Å². The maximum atomic E-state index is 12.1. The van der Waals surface area contributed by atoms with Gasteiger partial charge in [-0.1, -0.05) is 42.5 Å². The van der Waals surface area contributed by atoms with E-state index in [-0.39, 0.29) is 12.4 Å². The van der Waals surface area contributed by atoms with Crippen molar-refractivity contribution >= 4 is 5.78 Å². The summed E-state index contributed by atoms with van der Waals surface area (Å²) in [4.78, 5) is 12.1. The SMILES string of the molecule is O=C(COCc1ccccc1)c1ccc2c(c1)CCC2. The van der Waals surface area contributed by atoms with Gasteiger partial charge in [0.15, 0.2) is 5.78 Å². The number of rotatable bonds is 5. The molecule has 0 spiro atoms. The zero-order valence-corrected chi connectivity index (χ0v) is 11.5. The minimum Gasteiger partial charge on any atom is -0.369 e. The average Bonchev–Trinajstić information content (AvgIpc) is 2.95. The number of Topliss-reactive ketones (excluding diaryl/α,β-unsaturated/α-hetero) is 1. The topological polar surface area (TPSA) is 26.3 Å². The van der Waals surface area contributed by atoms with Crippen LogP contribution in [0.1, 0.15) is 33.5 Å². The standard InChI is InChI=1S/C18H18O2/c19-18(13-20-12-14-5-2-1-3-6-14)17-10-9-15-7-4-8-16(15)11-17/h1-3,5-6,9-11H,4,7-8,12-13H2. The van der Waals surface area contributed by atoms with Crippen LogP contribution in [-0.4, -0.2) is 12.4 Å². The van der Waals surface area contributed by atoms with Crippen molar-refractivity contribution in [1.82, 2.24) is 0 Å². The van der Waals surface area contributed by atoms with Crippen molar-refractivity contribution in [2.24, 2.45) is 0 Å². The molecule has 2 heteroatoms. The van der Waals surface area contributed by atoms with Gasteiger partial charge in [-0.2, -0.15) is 0 Å². The van der Waals surface area contributed by atoms with Crippen molar-refractivity contribution in [3.05, 3.63) is 70.8 Å². The van der Waals surface area contributed by atoms with E-state index >= 15 is 0 Å². The van der Waals surface area contributed by atoms with Crippen molar-refractivity contribution in [3.8, 4) is 0 Å². The molecule has 0 saturated heterocycles. The number of ketones is 1. The lowest BCUT2D eigenvalue weighted by atomic mass is 10.0. The molecular weight excluding hydrogens is 248 g/mol. The molecule has 2 nitrogen and oxygen atoms in total. The van der Waals surface area contributed by atoms with Gasteiger partial charge in [0.1, 0.15) is 6.61 Å². The summed E-state index contributed by atoms with van der Waals surface area (Å²) in [5.41, 5.74) is 4.60. The van der Waals surface area contributed by atoms with Crippen LogP contribution in [-0.2, 0) is 24.2 Å².